The van der Waals surface area contributed by atoms with Crippen molar-refractivity contribution in [3.8, 4) is 0 Å². The molecule has 0 aromatic heterocycles. The molecule has 2 aliphatic heterocycles. The van der Waals surface area contributed by atoms with Gasteiger partial charge in [0.15, 0.2) is 11.9 Å². The monoisotopic (exact) mass is 1190 g/mol. The summed E-state index contributed by atoms with van der Waals surface area (Å²) in [5, 5.41) is 35.3. The first-order valence-electron chi connectivity index (χ1n) is 27.5. The Morgan fingerprint density at radius 3 is 1.52 bits per heavy atom. The van der Waals surface area contributed by atoms with Crippen LogP contribution >= 0.6 is 46.4 Å². The van der Waals surface area contributed by atoms with Gasteiger partial charge in [-0.2, -0.15) is 0 Å². The number of hydrogen-bond donors (Lipinski definition) is 10. The molecular weight excluding hydrogens is 1120 g/mol. The molecule has 82 heavy (non-hydrogen) atoms. The van der Waals surface area contributed by atoms with Crippen LogP contribution in [-0.4, -0.2) is 121 Å². The van der Waals surface area contributed by atoms with Gasteiger partial charge in [0, 0.05) is 79.8 Å². The number of carbonyl (C=O) groups excluding carboxylic acids is 4. The summed E-state index contributed by atoms with van der Waals surface area (Å²) in [6.45, 7) is 5.11. The fourth-order valence-corrected chi connectivity index (χ4v) is 11.3. The molecule has 1 unspecified atom stereocenters. The van der Waals surface area contributed by atoms with Crippen molar-refractivity contribution in [2.45, 2.75) is 81.1 Å². The van der Waals surface area contributed by atoms with Crippen molar-refractivity contribution in [1.82, 2.24) is 41.7 Å². The highest BCUT2D eigenvalue weighted by atomic mass is 35.5. The number of benzene rings is 6. The summed E-state index contributed by atoms with van der Waals surface area (Å²) in [4.78, 5) is 57.7. The van der Waals surface area contributed by atoms with Crippen molar-refractivity contribution in [3.63, 3.8) is 0 Å². The molecule has 16 nitrogen and oxygen atoms in total. The van der Waals surface area contributed by atoms with Crippen LogP contribution in [0, 0.1) is 10.8 Å². The molecule has 6 aromatic carbocycles. The summed E-state index contributed by atoms with van der Waals surface area (Å²) < 4.78 is 0. The molecule has 2 saturated heterocycles. The van der Waals surface area contributed by atoms with E-state index in [1.54, 1.807) is 30.3 Å². The normalized spacial score (nSPS) is 17.6. The average molecular weight is 1190 g/mol. The number of guanidine groups is 2. The molecule has 2 aliphatic rings. The summed E-state index contributed by atoms with van der Waals surface area (Å²) in [5.41, 5.74) is 16.3. The van der Waals surface area contributed by atoms with Crippen LogP contribution in [-0.2, 0) is 9.59 Å². The Bertz CT molecular complexity index is 3000. The van der Waals surface area contributed by atoms with E-state index in [1.807, 2.05) is 89.5 Å². The van der Waals surface area contributed by atoms with Crippen LogP contribution in [0.1, 0.15) is 93.8 Å². The second-order valence-corrected chi connectivity index (χ2v) is 22.1. The zero-order valence-corrected chi connectivity index (χ0v) is 48.8. The Morgan fingerprint density at radius 2 is 1.05 bits per heavy atom. The van der Waals surface area contributed by atoms with E-state index in [0.29, 0.717) is 97.6 Å². The first-order chi connectivity index (χ1) is 39.6. The molecule has 5 atom stereocenters. The lowest BCUT2D eigenvalue weighted by Gasteiger charge is -2.33. The first kappa shape index (κ1) is 62.4. The van der Waals surface area contributed by atoms with E-state index in [0.717, 1.165) is 22.3 Å². The first-order valence-corrected chi connectivity index (χ1v) is 29.0. The number of nitrogens with one attached hydrogen (secondary N) is 8. The Balaban J connectivity index is 0.000000236. The quantitative estimate of drug-likeness (QED) is 0.0187. The van der Waals surface area contributed by atoms with Gasteiger partial charge in [0.2, 0.25) is 11.8 Å². The van der Waals surface area contributed by atoms with Crippen LogP contribution in [0.15, 0.2) is 158 Å². The predicted octanol–water partition coefficient (Wildman–Crippen LogP) is 8.75. The Kier molecular flexibility index (Phi) is 23.8. The van der Waals surface area contributed by atoms with Gasteiger partial charge in [-0.25, -0.2) is 0 Å². The summed E-state index contributed by atoms with van der Waals surface area (Å²) >= 11 is 24.5. The molecule has 12 N–H and O–H groups in total. The van der Waals surface area contributed by atoms with Gasteiger partial charge in [-0.05, 0) is 90.8 Å². The maximum absolute atomic E-state index is 14.1. The fourth-order valence-electron chi connectivity index (χ4n) is 10.4. The van der Waals surface area contributed by atoms with Gasteiger partial charge in [-0.1, -0.05) is 175 Å². The lowest BCUT2D eigenvalue weighted by Crippen LogP contribution is -2.60. The highest BCUT2D eigenvalue weighted by Crippen LogP contribution is 2.30. The van der Waals surface area contributed by atoms with Crippen LogP contribution in [0.3, 0.4) is 0 Å². The summed E-state index contributed by atoms with van der Waals surface area (Å²) in [5.74, 6) is -0.986. The maximum Gasteiger partial charge on any atom is 0.252 e. The van der Waals surface area contributed by atoms with E-state index in [4.69, 9.17) is 68.7 Å². The van der Waals surface area contributed by atoms with Crippen molar-refractivity contribution in [2.24, 2.45) is 11.5 Å². The lowest BCUT2D eigenvalue weighted by molar-refractivity contribution is -0.134. The number of halogens is 4. The number of rotatable bonds is 21. The molecule has 2 heterocycles. The van der Waals surface area contributed by atoms with Crippen molar-refractivity contribution in [1.29, 1.82) is 10.8 Å². The molecule has 2 fully saturated rings. The maximum atomic E-state index is 14.1. The molecule has 8 rings (SSSR count). The zero-order valence-electron chi connectivity index (χ0n) is 45.7. The van der Waals surface area contributed by atoms with Crippen molar-refractivity contribution >= 4 is 82.0 Å². The van der Waals surface area contributed by atoms with Crippen LogP contribution in [0.4, 0.5) is 0 Å². The van der Waals surface area contributed by atoms with E-state index in [1.165, 1.54) is 6.07 Å². The third-order valence-corrected chi connectivity index (χ3v) is 15.8. The highest BCUT2D eigenvalue weighted by molar-refractivity contribution is 6.37. The second-order valence-electron chi connectivity index (χ2n) is 20.4. The number of carbonyl (C=O) groups is 4. The third kappa shape index (κ3) is 18.2. The summed E-state index contributed by atoms with van der Waals surface area (Å²) in [7, 11) is 0. The van der Waals surface area contributed by atoms with E-state index >= 15 is 0 Å². The lowest BCUT2D eigenvalue weighted by atomic mass is 9.90. The van der Waals surface area contributed by atoms with Crippen LogP contribution in [0.5, 0.6) is 0 Å². The number of nitrogens with two attached hydrogens (primary N) is 2. The van der Waals surface area contributed by atoms with Gasteiger partial charge >= 0.3 is 0 Å². The molecule has 4 amide bonds. The fraction of sp³-hybridized carbons (Fsp3) is 0.323. The summed E-state index contributed by atoms with van der Waals surface area (Å²) in [6.07, 6.45) is 3.05. The van der Waals surface area contributed by atoms with Gasteiger partial charge in [-0.3, -0.25) is 35.3 Å². The van der Waals surface area contributed by atoms with E-state index in [9.17, 15) is 19.2 Å². The molecule has 20 heteroatoms. The van der Waals surface area contributed by atoms with Gasteiger partial charge < -0.3 is 47.9 Å². The molecule has 0 spiro atoms. The SMILES string of the molecule is CCC(NC(=N)N)[C@@H]1N[C@H](CNC(=O)c2cc(Cl)ccc2Cl)CCN(CC(c2ccccc2)c2ccccc2)C1=O.N=C(N)NCCC[C@@H]1N[C@H](CNC(=O)c2ccc(Cl)cc2Cl)CCN(CC(c2ccccc2)c2ccccc2)C1=O. The zero-order chi connectivity index (χ0) is 58.5. The molecule has 0 bridgehead atoms. The molecule has 0 radical (unpaired) electrons. The minimum absolute atomic E-state index is 0.0182. The van der Waals surface area contributed by atoms with Crippen molar-refractivity contribution in [3.05, 3.63) is 211 Å². The Morgan fingerprint density at radius 1 is 0.585 bits per heavy atom. The van der Waals surface area contributed by atoms with Crippen LogP contribution in [0.25, 0.3) is 0 Å². The topological polar surface area (TPSA) is 247 Å². The smallest absolute Gasteiger partial charge is 0.252 e. The van der Waals surface area contributed by atoms with E-state index < -0.39 is 18.1 Å². The molecular formula is C62H72Cl4N12O4. The van der Waals surface area contributed by atoms with E-state index in [2.05, 4.69) is 80.4 Å². The number of nitrogens with zero attached hydrogens (tertiary/aromatic N) is 2. The summed E-state index contributed by atoms with van der Waals surface area (Å²) in [6, 6.07) is 48.5. The van der Waals surface area contributed by atoms with Gasteiger partial charge in [-0.15, -0.1) is 0 Å². The molecule has 0 saturated carbocycles. The predicted molar refractivity (Wildman–Crippen MR) is 329 cm³/mol. The number of hydrogen-bond acceptors (Lipinski definition) is 8. The molecule has 6 aromatic rings. The van der Waals surface area contributed by atoms with E-state index in [-0.39, 0.29) is 71.0 Å². The Hall–Kier alpha value is -7.18. The van der Waals surface area contributed by atoms with Gasteiger partial charge in [0.05, 0.1) is 33.3 Å². The van der Waals surface area contributed by atoms with Gasteiger partial charge in [0.1, 0.15) is 6.04 Å². The van der Waals surface area contributed by atoms with Gasteiger partial charge in [0.25, 0.3) is 11.8 Å². The largest absolute Gasteiger partial charge is 0.370 e. The standard InChI is InChI=1S/2C31H36Cl2N6O2/c32-23-13-14-25(27(33)18-23)29(40)37-19-24-15-17-39(30(41)28(38-24)12-7-16-36-31(34)35)20-26(21-8-3-1-4-9-21)22-10-5-2-6-11-22;1-2-27(38-31(34)35)28-30(41)39(19-25(20-9-5-3-6-10-20)21-11-7-4-8-12-21)16-15-23(37-28)18-36-29(40)24-17-22(32)13-14-26(24)33/h1-6,8-11,13-14,18,24,26,28,38H,7,12,15-17,19-20H2,(H,37,40)(H4,34,35,36);3-14,17,23,25,27-28,37H,2,15-16,18-19H2,1H3,(H,36,40)(H4,34,35,38)/t24-,28-;23-,27?,28-/m00/s1. The minimum Gasteiger partial charge on any atom is -0.370 e. The number of amides is 4. The second kappa shape index (κ2) is 31.3. The molecule has 432 valence electrons. The van der Waals surface area contributed by atoms with Crippen molar-refractivity contribution < 1.29 is 19.2 Å². The van der Waals surface area contributed by atoms with Crippen LogP contribution in [0.2, 0.25) is 20.1 Å². The van der Waals surface area contributed by atoms with Crippen LogP contribution < -0.4 is 43.4 Å². The van der Waals surface area contributed by atoms with Crippen molar-refractivity contribution in [2.75, 3.05) is 45.8 Å². The molecule has 0 aliphatic carbocycles. The minimum atomic E-state index is -0.657. The highest BCUT2D eigenvalue weighted by Gasteiger charge is 2.38. The Labute approximate surface area is 500 Å². The third-order valence-electron chi connectivity index (χ3n) is 14.7. The average Bonchev–Trinajstić information content (AvgIpc) is 3.96.